The van der Waals surface area contributed by atoms with E-state index in [0.29, 0.717) is 18.7 Å². The quantitative estimate of drug-likeness (QED) is 0.739. The molecule has 1 fully saturated rings. The Hall–Kier alpha value is -0.790. The first-order valence-electron chi connectivity index (χ1n) is 8.75. The largest absolute Gasteiger partial charge is 0.418 e. The van der Waals surface area contributed by atoms with Crippen molar-refractivity contribution in [3.63, 3.8) is 0 Å². The van der Waals surface area contributed by atoms with Crippen molar-refractivity contribution >= 4 is 11.8 Å². The van der Waals surface area contributed by atoms with Gasteiger partial charge in [-0.1, -0.05) is 39.8 Å². The zero-order valence-electron chi connectivity index (χ0n) is 15.6. The van der Waals surface area contributed by atoms with Gasteiger partial charge in [0, 0.05) is 30.1 Å². The van der Waals surface area contributed by atoms with Crippen LogP contribution in [0.1, 0.15) is 39.7 Å². The van der Waals surface area contributed by atoms with E-state index in [2.05, 4.69) is 0 Å². The molecule has 1 aromatic carbocycles. The molecule has 3 atom stereocenters. The lowest BCUT2D eigenvalue weighted by molar-refractivity contribution is -0.271. The molecule has 148 valence electrons. The van der Waals surface area contributed by atoms with Gasteiger partial charge in [0.2, 0.25) is 0 Å². The Balaban J connectivity index is 2.24. The number of rotatable bonds is 5. The Morgan fingerprint density at radius 3 is 2.04 bits per heavy atom. The normalized spacial score (nSPS) is 25.1. The molecule has 3 unspecified atom stereocenters. The minimum absolute atomic E-state index is 0.223. The molecule has 1 N–H and O–H groups in total. The Bertz CT molecular complexity index is 595. The molecule has 1 aliphatic heterocycles. The molecule has 0 aromatic heterocycles. The fraction of sp³-hybridized carbons (Fsp3) is 0.684. The van der Waals surface area contributed by atoms with Gasteiger partial charge in [0.1, 0.15) is 5.82 Å². The third-order valence-electron chi connectivity index (χ3n) is 4.87. The maximum atomic E-state index is 13.8. The Labute approximate surface area is 157 Å². The predicted octanol–water partition coefficient (Wildman–Crippen LogP) is 4.61. The molecule has 1 saturated heterocycles. The second-order valence-corrected chi connectivity index (χ2v) is 9.93. The molecule has 0 saturated carbocycles. The molecule has 0 spiro atoms. The summed E-state index contributed by atoms with van der Waals surface area (Å²) < 4.78 is 54.6. The Morgan fingerprint density at radius 2 is 1.58 bits per heavy atom. The highest BCUT2D eigenvalue weighted by molar-refractivity contribution is 8.00. The van der Waals surface area contributed by atoms with Crippen molar-refractivity contribution in [2.75, 3.05) is 19.6 Å². The lowest BCUT2D eigenvalue weighted by Gasteiger charge is -2.43. The first kappa shape index (κ1) is 21.5. The zero-order valence-corrected chi connectivity index (χ0v) is 16.4. The average molecular weight is 393 g/mol. The van der Waals surface area contributed by atoms with Gasteiger partial charge >= 0.3 is 6.18 Å². The van der Waals surface area contributed by atoms with Crippen LogP contribution in [0.25, 0.3) is 0 Å². The smallest absolute Gasteiger partial charge is 0.379 e. The minimum Gasteiger partial charge on any atom is -0.379 e. The number of aliphatic hydroxyl groups is 1. The predicted molar refractivity (Wildman–Crippen MR) is 98.0 cm³/mol. The summed E-state index contributed by atoms with van der Waals surface area (Å²) in [5.74, 6) is -0.440. The van der Waals surface area contributed by atoms with E-state index in [1.165, 1.54) is 24.3 Å². The number of β-amino-alcohol motifs (C(OH)–C–C–N with tert-alkyl or cyclic N) is 1. The lowest BCUT2D eigenvalue weighted by atomic mass is 9.74. The summed E-state index contributed by atoms with van der Waals surface area (Å²) in [6, 6.07) is 5.42. The highest BCUT2D eigenvalue weighted by atomic mass is 32.2. The molecule has 7 heteroatoms. The molecule has 1 aliphatic rings. The van der Waals surface area contributed by atoms with Crippen molar-refractivity contribution in [2.45, 2.75) is 61.8 Å². The fourth-order valence-corrected chi connectivity index (χ4v) is 5.15. The molecular formula is C19H27F4NOS. The number of benzene rings is 1. The first-order chi connectivity index (χ1) is 11.8. The summed E-state index contributed by atoms with van der Waals surface area (Å²) in [4.78, 5) is 1.71. The molecule has 0 aliphatic carbocycles. The summed E-state index contributed by atoms with van der Waals surface area (Å²) in [5.41, 5.74) is -3.22. The highest BCUT2D eigenvalue weighted by Gasteiger charge is 2.56. The molecule has 1 heterocycles. The molecule has 0 amide bonds. The van der Waals surface area contributed by atoms with Crippen LogP contribution >= 0.6 is 11.8 Å². The van der Waals surface area contributed by atoms with Crippen LogP contribution in [0.15, 0.2) is 24.3 Å². The molecule has 26 heavy (non-hydrogen) atoms. The lowest BCUT2D eigenvalue weighted by Crippen LogP contribution is -2.58. The number of nitrogens with zero attached hydrogens (tertiary/aromatic N) is 1. The number of hydrogen-bond acceptors (Lipinski definition) is 3. The van der Waals surface area contributed by atoms with Crippen LogP contribution in [0.3, 0.4) is 0 Å². The number of alkyl halides is 3. The molecular weight excluding hydrogens is 366 g/mol. The van der Waals surface area contributed by atoms with Crippen molar-refractivity contribution < 1.29 is 22.7 Å². The van der Waals surface area contributed by atoms with Crippen LogP contribution in [-0.2, 0) is 5.41 Å². The van der Waals surface area contributed by atoms with Crippen molar-refractivity contribution in [1.82, 2.24) is 4.90 Å². The van der Waals surface area contributed by atoms with Crippen molar-refractivity contribution in [3.05, 3.63) is 35.6 Å². The summed E-state index contributed by atoms with van der Waals surface area (Å²) in [7, 11) is 0. The van der Waals surface area contributed by atoms with Gasteiger partial charge in [-0.3, -0.25) is 4.90 Å². The molecule has 2 rings (SSSR count). The molecule has 0 bridgehead atoms. The van der Waals surface area contributed by atoms with Crippen LogP contribution in [0, 0.1) is 5.82 Å². The van der Waals surface area contributed by atoms with E-state index in [1.807, 2.05) is 13.8 Å². The van der Waals surface area contributed by atoms with Gasteiger partial charge in [0.15, 0.2) is 5.60 Å². The highest BCUT2D eigenvalue weighted by Crippen LogP contribution is 2.42. The third-order valence-corrected chi connectivity index (χ3v) is 6.10. The van der Waals surface area contributed by atoms with Gasteiger partial charge in [0.05, 0.1) is 0 Å². The maximum absolute atomic E-state index is 13.8. The Kier molecular flexibility index (Phi) is 6.35. The second-order valence-electron chi connectivity index (χ2n) is 8.05. The zero-order chi connectivity index (χ0) is 19.8. The average Bonchev–Trinajstić information content (AvgIpc) is 2.44. The summed E-state index contributed by atoms with van der Waals surface area (Å²) in [5, 5.41) is 11.1. The van der Waals surface area contributed by atoms with Crippen LogP contribution in [0.5, 0.6) is 0 Å². The van der Waals surface area contributed by atoms with Gasteiger partial charge < -0.3 is 5.11 Å². The first-order valence-corrected chi connectivity index (χ1v) is 9.70. The molecule has 1 aromatic rings. The van der Waals surface area contributed by atoms with Crippen LogP contribution < -0.4 is 0 Å². The molecule has 0 radical (unpaired) electrons. The number of hydrogen-bond donors (Lipinski definition) is 1. The van der Waals surface area contributed by atoms with Gasteiger partial charge in [0.25, 0.3) is 0 Å². The fourth-order valence-electron chi connectivity index (χ4n) is 3.76. The summed E-state index contributed by atoms with van der Waals surface area (Å²) in [6.07, 6.45) is -5.23. The minimum atomic E-state index is -4.75. The molecule has 2 nitrogen and oxygen atoms in total. The van der Waals surface area contributed by atoms with E-state index >= 15 is 0 Å². The van der Waals surface area contributed by atoms with Crippen molar-refractivity contribution in [1.29, 1.82) is 0 Å². The van der Waals surface area contributed by atoms with Gasteiger partial charge in [-0.25, -0.2) is 4.39 Å². The van der Waals surface area contributed by atoms with E-state index in [-0.39, 0.29) is 10.5 Å². The van der Waals surface area contributed by atoms with Crippen LogP contribution in [-0.4, -0.2) is 51.9 Å². The van der Waals surface area contributed by atoms with Gasteiger partial charge in [-0.2, -0.15) is 24.9 Å². The van der Waals surface area contributed by atoms with Crippen LogP contribution in [0.4, 0.5) is 17.6 Å². The van der Waals surface area contributed by atoms with E-state index < -0.39 is 36.0 Å². The van der Waals surface area contributed by atoms with E-state index in [1.54, 1.807) is 30.5 Å². The summed E-state index contributed by atoms with van der Waals surface area (Å²) in [6.45, 7) is 7.86. The van der Waals surface area contributed by atoms with Gasteiger partial charge in [-0.05, 0) is 29.5 Å². The number of halogens is 4. The number of thioether (sulfide) groups is 1. The van der Waals surface area contributed by atoms with Crippen molar-refractivity contribution in [2.24, 2.45) is 0 Å². The monoisotopic (exact) mass is 393 g/mol. The standard InChI is InChI=1S/C19H27F4NOS/c1-13-9-24(10-14(2)26-13)12-18(25,19(21,22)23)11-17(3,4)15-5-7-16(20)8-6-15/h5-8,13-14,25H,9-12H2,1-4H3. The Morgan fingerprint density at radius 1 is 1.08 bits per heavy atom. The second kappa shape index (κ2) is 7.68. The van der Waals surface area contributed by atoms with E-state index in [0.717, 1.165) is 0 Å². The maximum Gasteiger partial charge on any atom is 0.418 e. The van der Waals surface area contributed by atoms with E-state index in [4.69, 9.17) is 0 Å². The SMILES string of the molecule is CC1CN(CC(O)(CC(C)(C)c2ccc(F)cc2)C(F)(F)F)CC(C)S1. The topological polar surface area (TPSA) is 23.5 Å². The van der Waals surface area contributed by atoms with Gasteiger partial charge in [-0.15, -0.1) is 0 Å². The van der Waals surface area contributed by atoms with E-state index in [9.17, 15) is 22.7 Å². The van der Waals surface area contributed by atoms with Crippen molar-refractivity contribution in [3.8, 4) is 0 Å². The third kappa shape index (κ3) is 5.14. The van der Waals surface area contributed by atoms with Crippen LogP contribution in [0.2, 0.25) is 0 Å². The summed E-state index contributed by atoms with van der Waals surface area (Å²) >= 11 is 1.75.